The summed E-state index contributed by atoms with van der Waals surface area (Å²) in [4.78, 5) is 12.0. The number of hydrogen-bond acceptors (Lipinski definition) is 4. The Morgan fingerprint density at radius 2 is 1.76 bits per heavy atom. The quantitative estimate of drug-likeness (QED) is 0.650. The van der Waals surface area contributed by atoms with Gasteiger partial charge >= 0.3 is 0 Å². The molecule has 0 bridgehead atoms. The average molecular weight is 371 g/mol. The summed E-state index contributed by atoms with van der Waals surface area (Å²) < 4.78 is 30.9. The fraction of sp³-hybridized carbons (Fsp3) is 0.611. The van der Waals surface area contributed by atoms with E-state index in [4.69, 9.17) is 4.74 Å². The first-order valence-corrected chi connectivity index (χ1v) is 10.7. The van der Waals surface area contributed by atoms with Gasteiger partial charge in [0, 0.05) is 19.0 Å². The van der Waals surface area contributed by atoms with Gasteiger partial charge in [-0.05, 0) is 50.5 Å². The first kappa shape index (κ1) is 21.3. The standard InChI is InChI=1S/C18H30N2O4S/c1-5-15(6-2)19-18(21)9-8-14-20(25(4,22)23)16-10-12-17(13-11-16)24-7-3/h10-13,15H,5-9,14H2,1-4H3,(H,19,21). The Labute approximate surface area is 151 Å². The molecule has 0 spiro atoms. The number of nitrogens with zero attached hydrogens (tertiary/aromatic N) is 1. The molecule has 0 fully saturated rings. The second-order valence-corrected chi connectivity index (χ2v) is 7.85. The Hall–Kier alpha value is -1.76. The van der Waals surface area contributed by atoms with Crippen molar-refractivity contribution in [2.24, 2.45) is 0 Å². The number of nitrogens with one attached hydrogen (secondary N) is 1. The van der Waals surface area contributed by atoms with Crippen LogP contribution in [0.5, 0.6) is 5.75 Å². The highest BCUT2D eigenvalue weighted by Gasteiger charge is 2.18. The fourth-order valence-electron chi connectivity index (χ4n) is 2.54. The third kappa shape index (κ3) is 7.34. The van der Waals surface area contributed by atoms with Gasteiger partial charge in [0.25, 0.3) is 0 Å². The van der Waals surface area contributed by atoms with E-state index in [1.165, 1.54) is 10.6 Å². The molecular weight excluding hydrogens is 340 g/mol. The lowest BCUT2D eigenvalue weighted by atomic mass is 10.1. The van der Waals surface area contributed by atoms with Crippen LogP contribution >= 0.6 is 0 Å². The summed E-state index contributed by atoms with van der Waals surface area (Å²) in [6.07, 6.45) is 3.73. The van der Waals surface area contributed by atoms with Crippen LogP contribution in [0.25, 0.3) is 0 Å². The van der Waals surface area contributed by atoms with Gasteiger partial charge in [-0.3, -0.25) is 9.10 Å². The predicted molar refractivity (Wildman–Crippen MR) is 102 cm³/mol. The molecule has 1 N–H and O–H groups in total. The number of amides is 1. The van der Waals surface area contributed by atoms with Gasteiger partial charge in [-0.2, -0.15) is 0 Å². The van der Waals surface area contributed by atoms with E-state index in [0.717, 1.165) is 12.8 Å². The van der Waals surface area contributed by atoms with Gasteiger partial charge in [0.1, 0.15) is 5.75 Å². The van der Waals surface area contributed by atoms with Crippen LogP contribution < -0.4 is 14.4 Å². The zero-order chi connectivity index (χ0) is 18.9. The number of sulfonamides is 1. The van der Waals surface area contributed by atoms with Crippen LogP contribution in [0.4, 0.5) is 5.69 Å². The van der Waals surface area contributed by atoms with Crippen molar-refractivity contribution >= 4 is 21.6 Å². The predicted octanol–water partition coefficient (Wildman–Crippen LogP) is 2.94. The normalized spacial score (nSPS) is 11.4. The number of anilines is 1. The van der Waals surface area contributed by atoms with Crippen molar-refractivity contribution in [3.63, 3.8) is 0 Å². The SMILES string of the molecule is CCOc1ccc(N(CCCC(=O)NC(CC)CC)S(C)(=O)=O)cc1. The van der Waals surface area contributed by atoms with Crippen molar-refractivity contribution in [1.29, 1.82) is 0 Å². The van der Waals surface area contributed by atoms with Gasteiger partial charge in [-0.15, -0.1) is 0 Å². The molecule has 25 heavy (non-hydrogen) atoms. The maximum atomic E-state index is 12.1. The summed E-state index contributed by atoms with van der Waals surface area (Å²) >= 11 is 0. The number of ether oxygens (including phenoxy) is 1. The van der Waals surface area contributed by atoms with Crippen LogP contribution in [0.2, 0.25) is 0 Å². The van der Waals surface area contributed by atoms with E-state index in [0.29, 0.717) is 30.9 Å². The minimum absolute atomic E-state index is 0.0335. The topological polar surface area (TPSA) is 75.7 Å². The zero-order valence-corrected chi connectivity index (χ0v) is 16.4. The van der Waals surface area contributed by atoms with Crippen molar-refractivity contribution in [2.45, 2.75) is 52.5 Å². The molecule has 0 unspecified atom stereocenters. The van der Waals surface area contributed by atoms with Crippen LogP contribution in [-0.4, -0.2) is 39.8 Å². The Morgan fingerprint density at radius 1 is 1.16 bits per heavy atom. The second kappa shape index (κ2) is 10.3. The third-order valence-electron chi connectivity index (χ3n) is 3.95. The molecular formula is C18H30N2O4S. The maximum absolute atomic E-state index is 12.1. The van der Waals surface area contributed by atoms with Crippen molar-refractivity contribution in [1.82, 2.24) is 5.32 Å². The van der Waals surface area contributed by atoms with Crippen molar-refractivity contribution in [3.8, 4) is 5.75 Å². The number of carbonyl (C=O) groups is 1. The van der Waals surface area contributed by atoms with E-state index in [2.05, 4.69) is 5.32 Å². The van der Waals surface area contributed by atoms with Crippen LogP contribution in [0.15, 0.2) is 24.3 Å². The summed E-state index contributed by atoms with van der Waals surface area (Å²) in [5.41, 5.74) is 0.575. The van der Waals surface area contributed by atoms with Crippen LogP contribution in [-0.2, 0) is 14.8 Å². The number of hydrogen-bond donors (Lipinski definition) is 1. The molecule has 0 radical (unpaired) electrons. The Balaban J connectivity index is 2.67. The number of carbonyl (C=O) groups excluding carboxylic acids is 1. The van der Waals surface area contributed by atoms with E-state index >= 15 is 0 Å². The molecule has 142 valence electrons. The first-order chi connectivity index (χ1) is 11.8. The van der Waals surface area contributed by atoms with Crippen molar-refractivity contribution < 1.29 is 17.9 Å². The third-order valence-corrected chi connectivity index (χ3v) is 5.15. The Bertz CT molecular complexity index is 625. The molecule has 0 aliphatic heterocycles. The monoisotopic (exact) mass is 370 g/mol. The minimum Gasteiger partial charge on any atom is -0.494 e. The van der Waals surface area contributed by atoms with Crippen LogP contribution in [0.3, 0.4) is 0 Å². The fourth-order valence-corrected chi connectivity index (χ4v) is 3.50. The highest BCUT2D eigenvalue weighted by Crippen LogP contribution is 2.22. The summed E-state index contributed by atoms with van der Waals surface area (Å²) in [6, 6.07) is 7.12. The number of benzene rings is 1. The highest BCUT2D eigenvalue weighted by molar-refractivity contribution is 7.92. The van der Waals surface area contributed by atoms with Gasteiger partial charge in [0.05, 0.1) is 18.6 Å². The molecule has 1 aromatic rings. The van der Waals surface area contributed by atoms with Gasteiger partial charge in [-0.25, -0.2) is 8.42 Å². The lowest BCUT2D eigenvalue weighted by Crippen LogP contribution is -2.35. The summed E-state index contributed by atoms with van der Waals surface area (Å²) in [5.74, 6) is 0.665. The van der Waals surface area contributed by atoms with Crippen molar-refractivity contribution in [2.75, 3.05) is 23.7 Å². The molecule has 0 heterocycles. The highest BCUT2D eigenvalue weighted by atomic mass is 32.2. The summed E-state index contributed by atoms with van der Waals surface area (Å²) in [5, 5.41) is 2.97. The molecule has 0 aliphatic rings. The molecule has 0 atom stereocenters. The van der Waals surface area contributed by atoms with Gasteiger partial charge in [-0.1, -0.05) is 13.8 Å². The lowest BCUT2D eigenvalue weighted by Gasteiger charge is -2.23. The van der Waals surface area contributed by atoms with Gasteiger partial charge in [0.15, 0.2) is 0 Å². The van der Waals surface area contributed by atoms with E-state index in [1.54, 1.807) is 24.3 Å². The molecule has 6 nitrogen and oxygen atoms in total. The van der Waals surface area contributed by atoms with E-state index in [9.17, 15) is 13.2 Å². The molecule has 7 heteroatoms. The lowest BCUT2D eigenvalue weighted by molar-refractivity contribution is -0.121. The van der Waals surface area contributed by atoms with Crippen LogP contribution in [0, 0.1) is 0 Å². The minimum atomic E-state index is -3.41. The largest absolute Gasteiger partial charge is 0.494 e. The van der Waals surface area contributed by atoms with E-state index in [1.807, 2.05) is 20.8 Å². The molecule has 0 aliphatic carbocycles. The second-order valence-electron chi connectivity index (χ2n) is 5.95. The molecule has 0 saturated heterocycles. The molecule has 1 aromatic carbocycles. The Kier molecular flexibility index (Phi) is 8.75. The number of rotatable bonds is 11. The van der Waals surface area contributed by atoms with Gasteiger partial charge < -0.3 is 10.1 Å². The van der Waals surface area contributed by atoms with E-state index < -0.39 is 10.0 Å². The molecule has 0 saturated carbocycles. The molecule has 1 rings (SSSR count). The average Bonchev–Trinajstić information content (AvgIpc) is 2.57. The molecule has 1 amide bonds. The smallest absolute Gasteiger partial charge is 0.232 e. The van der Waals surface area contributed by atoms with Crippen molar-refractivity contribution in [3.05, 3.63) is 24.3 Å². The molecule has 0 aromatic heterocycles. The van der Waals surface area contributed by atoms with Crippen LogP contribution in [0.1, 0.15) is 46.5 Å². The summed E-state index contributed by atoms with van der Waals surface area (Å²) in [6.45, 7) is 6.78. The van der Waals surface area contributed by atoms with Gasteiger partial charge in [0.2, 0.25) is 15.9 Å². The first-order valence-electron chi connectivity index (χ1n) is 8.81. The summed E-state index contributed by atoms with van der Waals surface area (Å²) in [7, 11) is -3.41. The van der Waals surface area contributed by atoms with E-state index in [-0.39, 0.29) is 18.5 Å². The maximum Gasteiger partial charge on any atom is 0.232 e. The Morgan fingerprint density at radius 3 is 2.24 bits per heavy atom. The zero-order valence-electron chi connectivity index (χ0n) is 15.6.